The predicted octanol–water partition coefficient (Wildman–Crippen LogP) is 2.98. The van der Waals surface area contributed by atoms with Crippen LogP contribution in [0.5, 0.6) is 11.5 Å². The fourth-order valence-electron chi connectivity index (χ4n) is 3.57. The van der Waals surface area contributed by atoms with Gasteiger partial charge in [0.15, 0.2) is 0 Å². The van der Waals surface area contributed by atoms with Gasteiger partial charge in [0.05, 0.1) is 19.8 Å². The number of carbonyl (C=O) groups excluding carboxylic acids is 1. The summed E-state index contributed by atoms with van der Waals surface area (Å²) in [6.07, 6.45) is 0. The first-order valence-electron chi connectivity index (χ1n) is 8.68. The van der Waals surface area contributed by atoms with Gasteiger partial charge in [-0.25, -0.2) is 0 Å². The number of aromatic hydroxyl groups is 1. The first-order valence-corrected chi connectivity index (χ1v) is 9.06. The molecule has 144 valence electrons. The molecule has 0 spiro atoms. The SMILES string of the molecule is COc1ccc(C2c3c(-c4cc(Cl)ccc4O)n[nH]c3C(=O)N2CCO)cc1. The van der Waals surface area contributed by atoms with Crippen LogP contribution in [-0.4, -0.2) is 51.5 Å². The van der Waals surface area contributed by atoms with Gasteiger partial charge in [-0.3, -0.25) is 9.89 Å². The summed E-state index contributed by atoms with van der Waals surface area (Å²) >= 11 is 6.11. The molecule has 28 heavy (non-hydrogen) atoms. The number of amides is 1. The topological polar surface area (TPSA) is 98.7 Å². The first-order chi connectivity index (χ1) is 13.5. The van der Waals surface area contributed by atoms with E-state index in [2.05, 4.69) is 10.2 Å². The normalized spacial score (nSPS) is 15.8. The van der Waals surface area contributed by atoms with E-state index in [1.165, 1.54) is 6.07 Å². The first kappa shape index (κ1) is 18.3. The number of halogens is 1. The van der Waals surface area contributed by atoms with Crippen LogP contribution >= 0.6 is 11.6 Å². The maximum Gasteiger partial charge on any atom is 0.273 e. The van der Waals surface area contributed by atoms with E-state index in [-0.39, 0.29) is 24.8 Å². The minimum absolute atomic E-state index is 0.0141. The Balaban J connectivity index is 1.90. The number of rotatable bonds is 5. The quantitative estimate of drug-likeness (QED) is 0.612. The Hall–Kier alpha value is -3.03. The number of fused-ring (bicyclic) bond motifs is 1. The average molecular weight is 400 g/mol. The van der Waals surface area contributed by atoms with Crippen molar-refractivity contribution in [3.63, 3.8) is 0 Å². The summed E-state index contributed by atoms with van der Waals surface area (Å²) in [7, 11) is 1.58. The molecule has 8 heteroatoms. The summed E-state index contributed by atoms with van der Waals surface area (Å²) in [4.78, 5) is 14.5. The van der Waals surface area contributed by atoms with Crippen LogP contribution in [0.2, 0.25) is 5.02 Å². The summed E-state index contributed by atoms with van der Waals surface area (Å²) in [6.45, 7) is -0.00708. The lowest BCUT2D eigenvalue weighted by Gasteiger charge is -2.25. The highest BCUT2D eigenvalue weighted by Crippen LogP contribution is 2.44. The summed E-state index contributed by atoms with van der Waals surface area (Å²) in [5.41, 5.74) is 2.70. The summed E-state index contributed by atoms with van der Waals surface area (Å²) in [5.74, 6) is 0.451. The number of benzene rings is 2. The number of nitrogens with zero attached hydrogens (tertiary/aromatic N) is 2. The van der Waals surface area contributed by atoms with Crippen LogP contribution in [0.25, 0.3) is 11.3 Å². The number of phenolic OH excluding ortho intramolecular Hbond substituents is 1. The minimum Gasteiger partial charge on any atom is -0.507 e. The smallest absolute Gasteiger partial charge is 0.273 e. The summed E-state index contributed by atoms with van der Waals surface area (Å²) < 4.78 is 5.22. The number of carbonyl (C=O) groups is 1. The molecule has 0 aliphatic carbocycles. The molecular weight excluding hydrogens is 382 g/mol. The number of ether oxygens (including phenoxy) is 1. The maximum absolute atomic E-state index is 12.9. The largest absolute Gasteiger partial charge is 0.507 e. The van der Waals surface area contributed by atoms with Crippen LogP contribution in [0, 0.1) is 0 Å². The summed E-state index contributed by atoms with van der Waals surface area (Å²) in [5, 5.41) is 27.3. The van der Waals surface area contributed by atoms with Crippen molar-refractivity contribution in [1.29, 1.82) is 0 Å². The second kappa shape index (κ2) is 7.18. The van der Waals surface area contributed by atoms with Crippen LogP contribution in [0.4, 0.5) is 0 Å². The van der Waals surface area contributed by atoms with Crippen molar-refractivity contribution in [2.45, 2.75) is 6.04 Å². The van der Waals surface area contributed by atoms with Gasteiger partial charge >= 0.3 is 0 Å². The van der Waals surface area contributed by atoms with E-state index in [1.807, 2.05) is 24.3 Å². The lowest BCUT2D eigenvalue weighted by molar-refractivity contribution is 0.0706. The van der Waals surface area contributed by atoms with Crippen molar-refractivity contribution < 1.29 is 19.7 Å². The number of H-pyrrole nitrogens is 1. The number of hydrogen-bond donors (Lipinski definition) is 3. The van der Waals surface area contributed by atoms with Crippen LogP contribution in [0.15, 0.2) is 42.5 Å². The highest BCUT2D eigenvalue weighted by molar-refractivity contribution is 6.31. The van der Waals surface area contributed by atoms with Crippen molar-refractivity contribution in [3.05, 3.63) is 64.3 Å². The van der Waals surface area contributed by atoms with Crippen molar-refractivity contribution in [2.75, 3.05) is 20.3 Å². The second-order valence-electron chi connectivity index (χ2n) is 6.42. The van der Waals surface area contributed by atoms with Crippen molar-refractivity contribution in [3.8, 4) is 22.8 Å². The van der Waals surface area contributed by atoms with Gasteiger partial charge in [-0.2, -0.15) is 5.10 Å². The van der Waals surface area contributed by atoms with Gasteiger partial charge < -0.3 is 19.8 Å². The summed E-state index contributed by atoms with van der Waals surface area (Å²) in [6, 6.07) is 11.6. The number of methoxy groups -OCH3 is 1. The number of phenols is 1. The van der Waals surface area contributed by atoms with Crippen LogP contribution in [0.1, 0.15) is 27.7 Å². The van der Waals surface area contributed by atoms with Crippen molar-refractivity contribution in [1.82, 2.24) is 15.1 Å². The van der Waals surface area contributed by atoms with E-state index >= 15 is 0 Å². The highest BCUT2D eigenvalue weighted by atomic mass is 35.5. The number of aliphatic hydroxyl groups is 1. The molecule has 2 heterocycles. The zero-order chi connectivity index (χ0) is 19.8. The van der Waals surface area contributed by atoms with E-state index in [0.717, 1.165) is 5.56 Å². The third-order valence-corrected chi connectivity index (χ3v) is 5.09. The lowest BCUT2D eigenvalue weighted by atomic mass is 9.95. The standard InChI is InChI=1S/C20H18ClN3O4/c1-28-13-5-2-11(3-6-13)19-16-17(14-10-12(21)4-7-15(14)26)22-23-18(16)20(27)24(19)8-9-25/h2-7,10,19,25-26H,8-9H2,1H3,(H,22,23). The zero-order valence-corrected chi connectivity index (χ0v) is 15.8. The van der Waals surface area contributed by atoms with Crippen molar-refractivity contribution in [2.24, 2.45) is 0 Å². The molecule has 0 saturated heterocycles. The second-order valence-corrected chi connectivity index (χ2v) is 6.86. The fourth-order valence-corrected chi connectivity index (χ4v) is 3.74. The molecule has 1 aliphatic rings. The molecule has 0 fully saturated rings. The molecule has 1 amide bonds. The molecule has 0 saturated carbocycles. The molecule has 1 atom stereocenters. The van der Waals surface area contributed by atoms with Gasteiger partial charge in [0.25, 0.3) is 5.91 Å². The molecule has 3 aromatic rings. The van der Waals surface area contributed by atoms with E-state index in [0.29, 0.717) is 33.3 Å². The number of β-amino-alcohol motifs (C(OH)–C–C–N with tert-alkyl or cyclic N) is 1. The predicted molar refractivity (Wildman–Crippen MR) is 104 cm³/mol. The van der Waals surface area contributed by atoms with Gasteiger partial charge in [0.1, 0.15) is 22.9 Å². The Labute approximate surface area is 166 Å². The van der Waals surface area contributed by atoms with Crippen LogP contribution < -0.4 is 4.74 Å². The Kier molecular flexibility index (Phi) is 4.70. The Morgan fingerprint density at radius 1 is 1.25 bits per heavy atom. The highest BCUT2D eigenvalue weighted by Gasteiger charge is 2.42. The monoisotopic (exact) mass is 399 g/mol. The molecule has 1 aliphatic heterocycles. The number of hydrogen-bond acceptors (Lipinski definition) is 5. The van der Waals surface area contributed by atoms with Gasteiger partial charge in [-0.1, -0.05) is 23.7 Å². The van der Waals surface area contributed by atoms with Crippen LogP contribution in [0.3, 0.4) is 0 Å². The zero-order valence-electron chi connectivity index (χ0n) is 15.0. The molecule has 3 N–H and O–H groups in total. The average Bonchev–Trinajstić information content (AvgIpc) is 3.24. The minimum atomic E-state index is -0.465. The number of aromatic nitrogens is 2. The van der Waals surface area contributed by atoms with E-state index in [4.69, 9.17) is 16.3 Å². The number of aliphatic hydroxyl groups excluding tert-OH is 1. The molecule has 0 radical (unpaired) electrons. The van der Waals surface area contributed by atoms with Gasteiger partial charge in [-0.05, 0) is 35.9 Å². The molecule has 7 nitrogen and oxygen atoms in total. The van der Waals surface area contributed by atoms with Gasteiger partial charge in [0, 0.05) is 22.7 Å². The van der Waals surface area contributed by atoms with Gasteiger partial charge in [-0.15, -0.1) is 0 Å². The maximum atomic E-state index is 12.9. The van der Waals surface area contributed by atoms with Gasteiger partial charge in [0.2, 0.25) is 0 Å². The lowest BCUT2D eigenvalue weighted by Crippen LogP contribution is -2.32. The van der Waals surface area contributed by atoms with E-state index in [9.17, 15) is 15.0 Å². The molecule has 1 aromatic heterocycles. The molecule has 4 rings (SSSR count). The molecular formula is C20H18ClN3O4. The number of nitrogens with one attached hydrogen (secondary N) is 1. The third-order valence-electron chi connectivity index (χ3n) is 4.85. The molecule has 1 unspecified atom stereocenters. The van der Waals surface area contributed by atoms with Crippen molar-refractivity contribution >= 4 is 17.5 Å². The van der Waals surface area contributed by atoms with E-state index < -0.39 is 6.04 Å². The Bertz CT molecular complexity index is 1030. The Morgan fingerprint density at radius 3 is 2.68 bits per heavy atom. The fraction of sp³-hybridized carbons (Fsp3) is 0.200. The molecule has 0 bridgehead atoms. The van der Waals surface area contributed by atoms with E-state index in [1.54, 1.807) is 24.1 Å². The number of aromatic amines is 1. The van der Waals surface area contributed by atoms with Crippen LogP contribution in [-0.2, 0) is 0 Å². The molecule has 2 aromatic carbocycles. The third kappa shape index (κ3) is 2.89. The Morgan fingerprint density at radius 2 is 2.00 bits per heavy atom.